The number of imidazole rings is 1. The number of aromatic nitrogens is 3. The van der Waals surface area contributed by atoms with Gasteiger partial charge in [-0.2, -0.15) is 0 Å². The lowest BCUT2D eigenvalue weighted by Gasteiger charge is -2.34. The Hall–Kier alpha value is -4.45. The molecule has 1 aliphatic rings. The first kappa shape index (κ1) is 37.4. The first-order chi connectivity index (χ1) is 22.9. The molecule has 0 spiro atoms. The van der Waals surface area contributed by atoms with Crippen LogP contribution in [0.4, 0.5) is 14.4 Å². The molecule has 0 aliphatic heterocycles. The molecule has 1 aliphatic carbocycles. The summed E-state index contributed by atoms with van der Waals surface area (Å²) in [4.78, 5) is 50.7. The maximum absolute atomic E-state index is 13.6. The van der Waals surface area contributed by atoms with Gasteiger partial charge >= 0.3 is 18.3 Å². The van der Waals surface area contributed by atoms with Crippen molar-refractivity contribution in [2.45, 2.75) is 111 Å². The Balaban J connectivity index is 1.71. The van der Waals surface area contributed by atoms with Crippen LogP contribution in [-0.4, -0.2) is 74.2 Å². The lowest BCUT2D eigenvalue weighted by Crippen LogP contribution is -2.38. The Kier molecular flexibility index (Phi) is 11.7. The van der Waals surface area contributed by atoms with E-state index in [9.17, 15) is 14.4 Å². The van der Waals surface area contributed by atoms with Crippen LogP contribution in [0, 0.1) is 0 Å². The number of para-hydroxylation sites is 2. The highest BCUT2D eigenvalue weighted by atomic mass is 16.6. The van der Waals surface area contributed by atoms with Crippen molar-refractivity contribution in [3.8, 4) is 0 Å². The number of nitrogens with one attached hydrogen (secondary N) is 2. The molecule has 1 aromatic carbocycles. The predicted octanol–water partition coefficient (Wildman–Crippen LogP) is 7.07. The minimum absolute atomic E-state index is 0.0769. The second-order valence-corrected chi connectivity index (χ2v) is 15.3. The Labute approximate surface area is 289 Å². The number of pyridine rings is 1. The largest absolute Gasteiger partial charge is 0.444 e. The molecular weight excluding hydrogens is 624 g/mol. The van der Waals surface area contributed by atoms with Gasteiger partial charge in [0.05, 0.1) is 29.3 Å². The van der Waals surface area contributed by atoms with Crippen LogP contribution in [0.2, 0.25) is 0 Å². The number of amides is 2. The molecule has 0 saturated heterocycles. The topological polar surface area (TPSA) is 137 Å². The van der Waals surface area contributed by atoms with E-state index in [1.807, 2.05) is 63.4 Å². The lowest BCUT2D eigenvalue weighted by molar-refractivity contribution is 0.0518. The predicted molar refractivity (Wildman–Crippen MR) is 188 cm³/mol. The van der Waals surface area contributed by atoms with Crippen molar-refractivity contribution >= 4 is 29.3 Å². The highest BCUT2D eigenvalue weighted by Crippen LogP contribution is 2.34. The standard InChI is InChI=1S/C37H52N6O6/c1-35(2,3)47-32(44)39-22-25(23-40-33(45)48-36(4,5)6)19-21-42(29-18-12-14-26-15-13-20-38-31(26)29)24-30-41-27-16-10-11-17-28(27)43(30)34(46)49-37(7,8)9/h10-11,13,15-17,19-20,29H,12,14,18,21-24H2,1-9H3,(H,39,44)(H,40,45). The lowest BCUT2D eigenvalue weighted by atomic mass is 9.90. The molecule has 266 valence electrons. The van der Waals surface area contributed by atoms with Gasteiger partial charge in [-0.05, 0) is 111 Å². The number of fused-ring (bicyclic) bond motifs is 2. The molecule has 0 radical (unpaired) electrons. The number of ether oxygens (including phenoxy) is 3. The van der Waals surface area contributed by atoms with Gasteiger partial charge in [0.25, 0.3) is 0 Å². The van der Waals surface area contributed by atoms with Gasteiger partial charge in [-0.3, -0.25) is 9.88 Å². The average Bonchev–Trinajstić information content (AvgIpc) is 3.35. The Morgan fingerprint density at radius 1 is 0.878 bits per heavy atom. The Bertz CT molecular complexity index is 1630. The van der Waals surface area contributed by atoms with Gasteiger partial charge in [0, 0.05) is 25.8 Å². The summed E-state index contributed by atoms with van der Waals surface area (Å²) in [6, 6.07) is 11.5. The number of hydrogen-bond donors (Lipinski definition) is 2. The molecule has 4 rings (SSSR count). The second-order valence-electron chi connectivity index (χ2n) is 15.3. The summed E-state index contributed by atoms with van der Waals surface area (Å²) in [7, 11) is 0. The fraction of sp³-hybridized carbons (Fsp3) is 0.541. The van der Waals surface area contributed by atoms with Crippen molar-refractivity contribution in [2.24, 2.45) is 0 Å². The van der Waals surface area contributed by atoms with Crippen molar-refractivity contribution < 1.29 is 28.6 Å². The van der Waals surface area contributed by atoms with Gasteiger partial charge in [-0.25, -0.2) is 23.9 Å². The highest BCUT2D eigenvalue weighted by molar-refractivity contribution is 5.87. The van der Waals surface area contributed by atoms with Crippen LogP contribution < -0.4 is 10.6 Å². The monoisotopic (exact) mass is 676 g/mol. The number of carbonyl (C=O) groups excluding carboxylic acids is 3. The summed E-state index contributed by atoms with van der Waals surface area (Å²) in [6.07, 6.45) is 4.91. The zero-order chi connectivity index (χ0) is 36.0. The second kappa shape index (κ2) is 15.4. The number of aryl methyl sites for hydroxylation is 1. The molecule has 2 amide bonds. The van der Waals surface area contributed by atoms with Crippen LogP contribution in [0.5, 0.6) is 0 Å². The molecule has 0 bridgehead atoms. The number of carbonyl (C=O) groups is 3. The van der Waals surface area contributed by atoms with Crippen LogP contribution in [-0.2, 0) is 27.2 Å². The Morgan fingerprint density at radius 2 is 1.49 bits per heavy atom. The number of alkyl carbamates (subject to hydrolysis) is 2. The van der Waals surface area contributed by atoms with E-state index in [0.29, 0.717) is 29.9 Å². The molecule has 2 aromatic heterocycles. The SMILES string of the molecule is CC(C)(C)OC(=O)NCC(=CCN(Cc1nc2ccccc2n1C(=O)OC(C)(C)C)C1CCCc2cccnc21)CNC(=O)OC(C)(C)C. The smallest absolute Gasteiger partial charge is 0.420 e. The van der Waals surface area contributed by atoms with E-state index in [2.05, 4.69) is 21.6 Å². The van der Waals surface area contributed by atoms with Crippen LogP contribution in [0.1, 0.15) is 98.3 Å². The average molecular weight is 677 g/mol. The molecule has 3 aromatic rings. The first-order valence-corrected chi connectivity index (χ1v) is 16.9. The fourth-order valence-corrected chi connectivity index (χ4v) is 5.57. The van der Waals surface area contributed by atoms with Gasteiger partial charge in [-0.15, -0.1) is 0 Å². The van der Waals surface area contributed by atoms with Crippen LogP contribution in [0.25, 0.3) is 11.0 Å². The van der Waals surface area contributed by atoms with Crippen molar-refractivity contribution in [3.05, 3.63) is 71.3 Å². The van der Waals surface area contributed by atoms with E-state index in [1.54, 1.807) is 46.1 Å². The molecule has 12 nitrogen and oxygen atoms in total. The quantitative estimate of drug-likeness (QED) is 0.180. The van der Waals surface area contributed by atoms with Gasteiger partial charge in [0.15, 0.2) is 0 Å². The summed E-state index contributed by atoms with van der Waals surface area (Å²) in [6.45, 7) is 17.3. The van der Waals surface area contributed by atoms with E-state index < -0.39 is 35.1 Å². The minimum Gasteiger partial charge on any atom is -0.444 e. The van der Waals surface area contributed by atoms with Gasteiger partial charge in [0.2, 0.25) is 0 Å². The number of rotatable bonds is 9. The summed E-state index contributed by atoms with van der Waals surface area (Å²) < 4.78 is 18.3. The van der Waals surface area contributed by atoms with Crippen LogP contribution in [0.15, 0.2) is 54.2 Å². The minimum atomic E-state index is -0.703. The normalized spacial score (nSPS) is 14.9. The summed E-state index contributed by atoms with van der Waals surface area (Å²) >= 11 is 0. The number of hydrogen-bond acceptors (Lipinski definition) is 9. The molecule has 2 heterocycles. The van der Waals surface area contributed by atoms with E-state index in [1.165, 1.54) is 5.56 Å². The molecule has 0 saturated carbocycles. The molecule has 49 heavy (non-hydrogen) atoms. The molecule has 2 N–H and O–H groups in total. The summed E-state index contributed by atoms with van der Waals surface area (Å²) in [5.41, 5.74) is 2.22. The van der Waals surface area contributed by atoms with Gasteiger partial charge in [0.1, 0.15) is 22.6 Å². The molecule has 1 atom stereocenters. The summed E-state index contributed by atoms with van der Waals surface area (Å²) in [5, 5.41) is 5.63. The van der Waals surface area contributed by atoms with Crippen molar-refractivity contribution in [3.63, 3.8) is 0 Å². The third-order valence-corrected chi connectivity index (χ3v) is 7.49. The van der Waals surface area contributed by atoms with Gasteiger partial charge in [-0.1, -0.05) is 24.3 Å². The van der Waals surface area contributed by atoms with Gasteiger partial charge < -0.3 is 24.8 Å². The zero-order valence-corrected chi connectivity index (χ0v) is 30.4. The summed E-state index contributed by atoms with van der Waals surface area (Å²) in [5.74, 6) is 0.534. The number of nitrogens with zero attached hydrogens (tertiary/aromatic N) is 4. The van der Waals surface area contributed by atoms with Crippen LogP contribution >= 0.6 is 0 Å². The van der Waals surface area contributed by atoms with Crippen molar-refractivity contribution in [2.75, 3.05) is 19.6 Å². The third kappa shape index (κ3) is 11.3. The molecular formula is C37H52N6O6. The maximum atomic E-state index is 13.6. The first-order valence-electron chi connectivity index (χ1n) is 16.9. The van der Waals surface area contributed by atoms with E-state index >= 15 is 0 Å². The third-order valence-electron chi connectivity index (χ3n) is 7.49. The zero-order valence-electron chi connectivity index (χ0n) is 30.4. The van der Waals surface area contributed by atoms with Crippen molar-refractivity contribution in [1.82, 2.24) is 30.1 Å². The molecule has 12 heteroatoms. The van der Waals surface area contributed by atoms with E-state index in [4.69, 9.17) is 24.2 Å². The van der Waals surface area contributed by atoms with Crippen LogP contribution in [0.3, 0.4) is 0 Å². The highest BCUT2D eigenvalue weighted by Gasteiger charge is 2.30. The van der Waals surface area contributed by atoms with Crippen molar-refractivity contribution in [1.29, 1.82) is 0 Å². The molecule has 0 fully saturated rings. The van der Waals surface area contributed by atoms with E-state index in [0.717, 1.165) is 30.5 Å². The number of benzene rings is 1. The molecule has 1 unspecified atom stereocenters. The fourth-order valence-electron chi connectivity index (χ4n) is 5.57. The Morgan fingerprint density at radius 3 is 2.10 bits per heavy atom. The van der Waals surface area contributed by atoms with E-state index in [-0.39, 0.29) is 19.1 Å². The maximum Gasteiger partial charge on any atom is 0.420 e.